The summed E-state index contributed by atoms with van der Waals surface area (Å²) in [5.74, 6) is 0.888. The highest BCUT2D eigenvalue weighted by molar-refractivity contribution is 7.14. The number of hydrogen-bond acceptors (Lipinski definition) is 5. The predicted octanol–water partition coefficient (Wildman–Crippen LogP) is 5.64. The van der Waals surface area contributed by atoms with E-state index in [2.05, 4.69) is 46.2 Å². The molecule has 0 N–H and O–H groups in total. The first-order valence-corrected chi connectivity index (χ1v) is 11.7. The van der Waals surface area contributed by atoms with Crippen molar-refractivity contribution < 1.29 is 4.74 Å². The maximum Gasteiger partial charge on any atom is 0.190 e. The van der Waals surface area contributed by atoms with E-state index in [-0.39, 0.29) is 0 Å². The van der Waals surface area contributed by atoms with Crippen LogP contribution in [0.5, 0.6) is 5.75 Å². The second kappa shape index (κ2) is 10.6. The molecule has 1 aromatic carbocycles. The molecule has 0 radical (unpaired) electrons. The Kier molecular flexibility index (Phi) is 7.89. The largest absolute Gasteiger partial charge is 0.494 e. The molecule has 3 rings (SSSR count). The van der Waals surface area contributed by atoms with E-state index >= 15 is 0 Å². The molecule has 0 fully saturated rings. The Hall–Kier alpha value is -1.89. The predicted molar refractivity (Wildman–Crippen MR) is 121 cm³/mol. The van der Waals surface area contributed by atoms with E-state index in [1.807, 2.05) is 31.2 Å². The Morgan fingerprint density at radius 3 is 2.46 bits per heavy atom. The maximum atomic E-state index is 5.54. The number of ether oxygens (including phenoxy) is 1. The van der Waals surface area contributed by atoms with Gasteiger partial charge in [0, 0.05) is 11.9 Å². The van der Waals surface area contributed by atoms with Crippen LogP contribution in [-0.2, 0) is 6.54 Å². The zero-order valence-corrected chi connectivity index (χ0v) is 18.6. The van der Waals surface area contributed by atoms with Gasteiger partial charge in [0.2, 0.25) is 0 Å². The second-order valence-corrected chi connectivity index (χ2v) is 8.24. The zero-order valence-electron chi connectivity index (χ0n) is 16.9. The molecule has 3 aromatic rings. The molecule has 6 heteroatoms. The van der Waals surface area contributed by atoms with E-state index in [1.165, 1.54) is 10.6 Å². The standard InChI is InChI=1S/C22H29N3OS2/c1-4-24(5-2)14-8-15-25-20(21-9-7-16-27-21)17-28-22(25)23-18-10-12-19(13-11-18)26-6-3/h7,9-13,16-17H,4-6,8,14-15H2,1-3H3. The van der Waals surface area contributed by atoms with Crippen LogP contribution in [0.3, 0.4) is 0 Å². The lowest BCUT2D eigenvalue weighted by Gasteiger charge is -2.18. The van der Waals surface area contributed by atoms with Crippen molar-refractivity contribution in [3.63, 3.8) is 0 Å². The quantitative estimate of drug-likeness (QED) is 0.429. The molecule has 2 aromatic heterocycles. The molecule has 0 bridgehead atoms. The van der Waals surface area contributed by atoms with Crippen LogP contribution in [0.2, 0.25) is 0 Å². The van der Waals surface area contributed by atoms with Gasteiger partial charge in [-0.15, -0.1) is 22.7 Å². The fourth-order valence-corrected chi connectivity index (χ4v) is 4.91. The highest BCUT2D eigenvalue weighted by atomic mass is 32.1. The second-order valence-electron chi connectivity index (χ2n) is 6.45. The van der Waals surface area contributed by atoms with E-state index in [0.29, 0.717) is 6.61 Å². The number of aromatic nitrogens is 1. The van der Waals surface area contributed by atoms with Gasteiger partial charge in [0.05, 0.1) is 22.9 Å². The Labute approximate surface area is 175 Å². The van der Waals surface area contributed by atoms with Crippen LogP contribution in [0.1, 0.15) is 27.2 Å². The minimum Gasteiger partial charge on any atom is -0.494 e. The van der Waals surface area contributed by atoms with Gasteiger partial charge in [-0.1, -0.05) is 19.9 Å². The summed E-state index contributed by atoms with van der Waals surface area (Å²) in [7, 11) is 0. The average molecular weight is 416 g/mol. The molecule has 0 saturated carbocycles. The van der Waals surface area contributed by atoms with Gasteiger partial charge in [-0.05, 0) is 68.7 Å². The van der Waals surface area contributed by atoms with Crippen molar-refractivity contribution in [1.82, 2.24) is 9.47 Å². The van der Waals surface area contributed by atoms with Crippen molar-refractivity contribution in [1.29, 1.82) is 0 Å². The first-order valence-electron chi connectivity index (χ1n) is 9.97. The number of thiophene rings is 1. The fourth-order valence-electron chi connectivity index (χ4n) is 3.14. The molecular weight excluding hydrogens is 386 g/mol. The van der Waals surface area contributed by atoms with Crippen LogP contribution in [0.25, 0.3) is 10.6 Å². The summed E-state index contributed by atoms with van der Waals surface area (Å²) in [5, 5.41) is 4.37. The summed E-state index contributed by atoms with van der Waals surface area (Å²) in [6.45, 7) is 11.4. The van der Waals surface area contributed by atoms with E-state index in [9.17, 15) is 0 Å². The normalized spacial score (nSPS) is 12.1. The molecular formula is C22H29N3OS2. The van der Waals surface area contributed by atoms with Crippen LogP contribution in [0.15, 0.2) is 52.2 Å². The number of benzene rings is 1. The average Bonchev–Trinajstić information content (AvgIpc) is 3.37. The highest BCUT2D eigenvalue weighted by Crippen LogP contribution is 2.26. The number of nitrogens with zero attached hydrogens (tertiary/aromatic N) is 3. The summed E-state index contributed by atoms with van der Waals surface area (Å²) in [4.78, 5) is 9.75. The van der Waals surface area contributed by atoms with Crippen LogP contribution in [0, 0.1) is 0 Å². The van der Waals surface area contributed by atoms with Gasteiger partial charge in [0.15, 0.2) is 4.80 Å². The van der Waals surface area contributed by atoms with Gasteiger partial charge in [0.1, 0.15) is 5.75 Å². The smallest absolute Gasteiger partial charge is 0.190 e. The Morgan fingerprint density at radius 2 is 1.82 bits per heavy atom. The molecule has 0 aliphatic heterocycles. The third-order valence-corrected chi connectivity index (χ3v) is 6.45. The Morgan fingerprint density at radius 1 is 1.04 bits per heavy atom. The molecule has 0 aliphatic rings. The lowest BCUT2D eigenvalue weighted by Crippen LogP contribution is -2.26. The minimum absolute atomic E-state index is 0.679. The van der Waals surface area contributed by atoms with E-state index in [4.69, 9.17) is 9.73 Å². The zero-order chi connectivity index (χ0) is 19.8. The number of hydrogen-bond donors (Lipinski definition) is 0. The van der Waals surface area contributed by atoms with Crippen LogP contribution < -0.4 is 9.54 Å². The first-order chi connectivity index (χ1) is 13.7. The van der Waals surface area contributed by atoms with Gasteiger partial charge in [0.25, 0.3) is 0 Å². The van der Waals surface area contributed by atoms with Crippen molar-refractivity contribution in [2.75, 3.05) is 26.2 Å². The maximum absolute atomic E-state index is 5.54. The number of rotatable bonds is 10. The molecule has 0 saturated heterocycles. The van der Waals surface area contributed by atoms with Crippen LogP contribution >= 0.6 is 22.7 Å². The molecule has 4 nitrogen and oxygen atoms in total. The van der Waals surface area contributed by atoms with Gasteiger partial charge in [-0.3, -0.25) is 0 Å². The Bertz CT molecular complexity index is 891. The summed E-state index contributed by atoms with van der Waals surface area (Å²) in [6, 6.07) is 12.3. The van der Waals surface area contributed by atoms with Crippen molar-refractivity contribution in [3.8, 4) is 16.3 Å². The molecule has 150 valence electrons. The third-order valence-electron chi connectivity index (χ3n) is 4.69. The molecule has 0 unspecified atom stereocenters. The first kappa shape index (κ1) is 20.8. The van der Waals surface area contributed by atoms with E-state index in [0.717, 1.165) is 48.8 Å². The lowest BCUT2D eigenvalue weighted by atomic mass is 10.3. The van der Waals surface area contributed by atoms with Gasteiger partial charge in [-0.25, -0.2) is 4.99 Å². The van der Waals surface area contributed by atoms with Gasteiger partial charge in [-0.2, -0.15) is 0 Å². The van der Waals surface area contributed by atoms with Crippen LogP contribution in [-0.4, -0.2) is 35.7 Å². The van der Waals surface area contributed by atoms with E-state index < -0.39 is 0 Å². The van der Waals surface area contributed by atoms with Crippen molar-refractivity contribution in [2.45, 2.75) is 33.7 Å². The van der Waals surface area contributed by atoms with Gasteiger partial charge >= 0.3 is 0 Å². The summed E-state index contributed by atoms with van der Waals surface area (Å²) >= 11 is 3.50. The lowest BCUT2D eigenvalue weighted by molar-refractivity contribution is 0.293. The monoisotopic (exact) mass is 415 g/mol. The SMILES string of the molecule is CCOc1ccc(N=c2scc(-c3cccs3)n2CCCN(CC)CC)cc1. The highest BCUT2D eigenvalue weighted by Gasteiger charge is 2.10. The van der Waals surface area contributed by atoms with Crippen molar-refractivity contribution in [3.05, 3.63) is 52.0 Å². The van der Waals surface area contributed by atoms with E-state index in [1.54, 1.807) is 22.7 Å². The fraction of sp³-hybridized carbons (Fsp3) is 0.409. The summed E-state index contributed by atoms with van der Waals surface area (Å²) in [6.07, 6.45) is 1.12. The third kappa shape index (κ3) is 5.34. The van der Waals surface area contributed by atoms with Crippen molar-refractivity contribution >= 4 is 28.4 Å². The molecule has 2 heterocycles. The topological polar surface area (TPSA) is 29.8 Å². The minimum atomic E-state index is 0.679. The van der Waals surface area contributed by atoms with Crippen molar-refractivity contribution in [2.24, 2.45) is 4.99 Å². The molecule has 0 aliphatic carbocycles. The molecule has 0 spiro atoms. The van der Waals surface area contributed by atoms with Gasteiger partial charge < -0.3 is 14.2 Å². The molecule has 0 amide bonds. The van der Waals surface area contributed by atoms with Crippen LogP contribution in [0.4, 0.5) is 5.69 Å². The molecule has 28 heavy (non-hydrogen) atoms. The summed E-state index contributed by atoms with van der Waals surface area (Å²) in [5.41, 5.74) is 2.23. The Balaban J connectivity index is 1.87. The summed E-state index contributed by atoms with van der Waals surface area (Å²) < 4.78 is 7.91. The number of thiazole rings is 1. The molecule has 0 atom stereocenters.